The molecule has 1 aromatic carbocycles. The second-order valence-electron chi connectivity index (χ2n) is 6.92. The number of nitrogens with zero attached hydrogens (tertiary/aromatic N) is 2. The van der Waals surface area contributed by atoms with Crippen LogP contribution in [0.25, 0.3) is 0 Å². The summed E-state index contributed by atoms with van der Waals surface area (Å²) in [5.41, 5.74) is -1.47. The van der Waals surface area contributed by atoms with Gasteiger partial charge in [-0.05, 0) is 0 Å². The summed E-state index contributed by atoms with van der Waals surface area (Å²) in [4.78, 5) is 0. The third-order valence-electron chi connectivity index (χ3n) is 4.64. The average Bonchev–Trinajstić information content (AvgIpc) is 3.41. The van der Waals surface area contributed by atoms with Gasteiger partial charge in [0.05, 0.1) is 0 Å². The van der Waals surface area contributed by atoms with E-state index >= 15 is 0 Å². The summed E-state index contributed by atoms with van der Waals surface area (Å²) < 4.78 is 47.8. The molecule has 0 saturated carbocycles. The van der Waals surface area contributed by atoms with Crippen LogP contribution in [0.2, 0.25) is 8.87 Å². The molecule has 0 atom stereocenters. The Labute approximate surface area is 161 Å². The first-order valence-corrected chi connectivity index (χ1v) is 18.8. The van der Waals surface area contributed by atoms with Crippen molar-refractivity contribution >= 4 is 26.2 Å². The average molecular weight is 498 g/mol. The van der Waals surface area contributed by atoms with E-state index in [2.05, 4.69) is 24.1 Å². The van der Waals surface area contributed by atoms with Crippen molar-refractivity contribution in [3.63, 3.8) is 0 Å². The molecule has 0 aliphatic carbocycles. The van der Waals surface area contributed by atoms with E-state index in [-0.39, 0.29) is 5.56 Å². The molecule has 0 radical (unpaired) electrons. The summed E-state index contributed by atoms with van der Waals surface area (Å²) in [6.45, 7) is 4.70. The van der Waals surface area contributed by atoms with Gasteiger partial charge in [-0.3, -0.25) is 0 Å². The van der Waals surface area contributed by atoms with Crippen LogP contribution in [0.4, 0.5) is 13.2 Å². The monoisotopic (exact) mass is 498 g/mol. The Morgan fingerprint density at radius 3 is 2.00 bits per heavy atom. The molecule has 1 heterocycles. The van der Waals surface area contributed by atoms with Crippen LogP contribution in [-0.4, -0.2) is 28.0 Å². The Hall–Kier alpha value is -0.341. The van der Waals surface area contributed by atoms with Crippen molar-refractivity contribution in [3.8, 4) is 0 Å². The molecule has 1 aliphatic heterocycles. The van der Waals surface area contributed by atoms with Crippen LogP contribution in [-0.2, 0) is 17.0 Å². The zero-order valence-electron chi connectivity index (χ0n) is 15.3. The van der Waals surface area contributed by atoms with Crippen molar-refractivity contribution in [2.45, 2.75) is 66.9 Å². The van der Waals surface area contributed by atoms with E-state index in [0.29, 0.717) is 11.2 Å². The topological polar surface area (TPSA) is 34.0 Å². The van der Waals surface area contributed by atoms with E-state index in [1.165, 1.54) is 12.1 Å². The van der Waals surface area contributed by atoms with Crippen LogP contribution in [0.3, 0.4) is 0 Å². The summed E-state index contributed by atoms with van der Waals surface area (Å²) in [6.07, 6.45) is 0.0735. The van der Waals surface area contributed by atoms with E-state index in [4.69, 9.17) is 13.7 Å². The van der Waals surface area contributed by atoms with Crippen LogP contribution >= 0.6 is 8.92 Å². The second-order valence-corrected chi connectivity index (χ2v) is 22.5. The summed E-state index contributed by atoms with van der Waals surface area (Å²) in [5.74, 6) is 0. The van der Waals surface area contributed by atoms with E-state index in [0.717, 1.165) is 40.1 Å². The molecule has 0 bridgehead atoms. The van der Waals surface area contributed by atoms with E-state index < -0.39 is 29.1 Å². The molecule has 0 spiro atoms. The predicted octanol–water partition coefficient (Wildman–Crippen LogP) is 6.71. The Morgan fingerprint density at radius 2 is 1.58 bits per heavy atom. The van der Waals surface area contributed by atoms with Gasteiger partial charge in [-0.2, -0.15) is 0 Å². The van der Waals surface area contributed by atoms with Crippen molar-refractivity contribution in [1.82, 2.24) is 0 Å². The van der Waals surface area contributed by atoms with Gasteiger partial charge in [-0.25, -0.2) is 0 Å². The second kappa shape index (κ2) is 9.24. The molecule has 2 rings (SSSR count). The van der Waals surface area contributed by atoms with Gasteiger partial charge < -0.3 is 0 Å². The Balaban J connectivity index is 1.89. The molecule has 0 fully saturated rings. The number of alkyl halides is 3. The minimum absolute atomic E-state index is 0.0468. The van der Waals surface area contributed by atoms with Gasteiger partial charge in [0.2, 0.25) is 0 Å². The first-order chi connectivity index (χ1) is 12.3. The quantitative estimate of drug-likeness (QED) is 0.313. The summed E-state index contributed by atoms with van der Waals surface area (Å²) >= 11 is -2.73. The molecular formula is C18H26ClF3N2OSn. The Bertz CT molecular complexity index is 593. The number of benzene rings is 1. The molecule has 1 aromatic rings. The van der Waals surface area contributed by atoms with Gasteiger partial charge in [-0.15, -0.1) is 0 Å². The van der Waals surface area contributed by atoms with E-state index in [1.54, 1.807) is 12.1 Å². The third-order valence-corrected chi connectivity index (χ3v) is 17.1. The van der Waals surface area contributed by atoms with Gasteiger partial charge in [0.25, 0.3) is 0 Å². The summed E-state index contributed by atoms with van der Waals surface area (Å²) in [5, 5.41) is 6.43. The van der Waals surface area contributed by atoms with Gasteiger partial charge in [0.1, 0.15) is 0 Å². The Kier molecular flexibility index (Phi) is 7.80. The van der Waals surface area contributed by atoms with Gasteiger partial charge >= 0.3 is 161 Å². The fraction of sp³-hybridized carbons (Fsp3) is 0.667. The van der Waals surface area contributed by atoms with Crippen LogP contribution in [0.15, 0.2) is 34.5 Å². The van der Waals surface area contributed by atoms with Crippen molar-refractivity contribution < 1.29 is 17.9 Å². The van der Waals surface area contributed by atoms with Crippen molar-refractivity contribution in [1.29, 1.82) is 0 Å². The summed E-state index contributed by atoms with van der Waals surface area (Å²) in [6, 6.07) is 6.15. The molecule has 0 amide bonds. The molecule has 0 unspecified atom stereocenters. The fourth-order valence-electron chi connectivity index (χ4n) is 2.88. The Morgan fingerprint density at radius 1 is 1.04 bits per heavy atom. The number of rotatable bonds is 11. The number of ether oxygens (including phenoxy) is 1. The standard InChI is InChI=1S/C10H8F3N2O.2C4H9.ClH.Sn/c1-16-6-7-2-4-8(5-3-7)9(14-15-9)10(11,12)13;2*1-3-4-2;;/h2-5H,1,6H2;2*1,3-4H2,2H3;1H;/q;;;;+1/p-1. The first kappa shape index (κ1) is 22.0. The molecule has 8 heteroatoms. The van der Waals surface area contributed by atoms with Gasteiger partial charge in [0.15, 0.2) is 0 Å². The van der Waals surface area contributed by atoms with Crippen LogP contribution in [0.1, 0.15) is 50.7 Å². The maximum atomic E-state index is 13.0. The van der Waals surface area contributed by atoms with E-state index in [9.17, 15) is 13.2 Å². The number of unbranched alkanes of at least 4 members (excludes halogenated alkanes) is 2. The molecule has 1 aliphatic rings. The predicted molar refractivity (Wildman–Crippen MR) is 99.7 cm³/mol. The SMILES string of the molecule is CCC[CH2][Sn]([Cl])([CH2]CCC)[CH2]OCc1ccc(C2(C(F)(F)F)N=N2)cc1. The van der Waals surface area contributed by atoms with Crippen molar-refractivity contribution in [2.24, 2.45) is 10.2 Å². The molecule has 0 saturated heterocycles. The molecule has 3 nitrogen and oxygen atoms in total. The van der Waals surface area contributed by atoms with Gasteiger partial charge in [0, 0.05) is 0 Å². The van der Waals surface area contributed by atoms with Crippen molar-refractivity contribution in [3.05, 3.63) is 35.4 Å². The molecular weight excluding hydrogens is 471 g/mol. The molecule has 146 valence electrons. The molecule has 0 N–H and O–H groups in total. The van der Waals surface area contributed by atoms with Crippen LogP contribution in [0, 0.1) is 0 Å². The minimum atomic E-state index is -4.49. The van der Waals surface area contributed by atoms with Crippen LogP contribution in [0.5, 0.6) is 0 Å². The van der Waals surface area contributed by atoms with E-state index in [1.807, 2.05) is 0 Å². The zero-order chi connectivity index (χ0) is 19.3. The summed E-state index contributed by atoms with van der Waals surface area (Å²) in [7, 11) is 6.94. The number of halogens is 4. The van der Waals surface area contributed by atoms with Crippen molar-refractivity contribution in [2.75, 3.05) is 4.62 Å². The van der Waals surface area contributed by atoms with Gasteiger partial charge in [-0.1, -0.05) is 0 Å². The fourth-order valence-corrected chi connectivity index (χ4v) is 13.7. The normalized spacial score (nSPS) is 16.1. The number of hydrogen-bond acceptors (Lipinski definition) is 3. The maximum absolute atomic E-state index is 13.0. The molecule has 26 heavy (non-hydrogen) atoms. The molecule has 0 aromatic heterocycles. The zero-order valence-corrected chi connectivity index (χ0v) is 18.9. The first-order valence-electron chi connectivity index (χ1n) is 9.13. The van der Waals surface area contributed by atoms with Crippen LogP contribution < -0.4 is 0 Å². The third kappa shape index (κ3) is 5.58. The number of hydrogen-bond donors (Lipinski definition) is 0.